The molecule has 2 aromatic carbocycles. The molecule has 0 radical (unpaired) electrons. The monoisotopic (exact) mass is 660 g/mol. The van der Waals surface area contributed by atoms with Crippen LogP contribution in [-0.4, -0.2) is 49.9 Å². The molecule has 0 saturated carbocycles. The average Bonchev–Trinajstić information content (AvgIpc) is 3.41. The number of aliphatic hydroxyl groups excluding tert-OH is 1. The zero-order valence-electron chi connectivity index (χ0n) is 22.1. The lowest BCUT2D eigenvalue weighted by Crippen LogP contribution is -2.45. The van der Waals surface area contributed by atoms with Crippen molar-refractivity contribution in [3.63, 3.8) is 0 Å². The summed E-state index contributed by atoms with van der Waals surface area (Å²) in [6.07, 6.45) is 0.331. The number of benzene rings is 2. The highest BCUT2D eigenvalue weighted by molar-refractivity contribution is 14.1. The third kappa shape index (κ3) is 7.12. The van der Waals surface area contributed by atoms with Gasteiger partial charge in [0.2, 0.25) is 0 Å². The van der Waals surface area contributed by atoms with Gasteiger partial charge >= 0.3 is 12.0 Å². The van der Waals surface area contributed by atoms with Crippen molar-refractivity contribution in [2.24, 2.45) is 5.10 Å². The van der Waals surface area contributed by atoms with Crippen molar-refractivity contribution in [3.8, 4) is 22.8 Å². The number of ether oxygens (including phenoxy) is 3. The molecule has 12 heteroatoms. The van der Waals surface area contributed by atoms with E-state index in [4.69, 9.17) is 18.6 Å². The molecule has 4 N–H and O–H groups in total. The number of aliphatic hydroxyl groups is 1. The van der Waals surface area contributed by atoms with Crippen molar-refractivity contribution in [2.75, 3.05) is 20.3 Å². The first-order chi connectivity index (χ1) is 19.3. The standard InChI is InChI=1S/C28H29IN4O7/c1-4-38-23-13-18(26-25(27(35)37-3)16(2)31-28(36)32-26)7-11-22(23)39-15-24(34)33-30-14-20-10-12-21(40-20)17-5-8-19(29)9-6-17/h5-14,24,26,33-34H,4,15H2,1-3H3,(H2,31,32,36)/b30-14-/t24-,26-/m0/s1. The van der Waals surface area contributed by atoms with Gasteiger partial charge in [-0.05, 0) is 78.4 Å². The van der Waals surface area contributed by atoms with Gasteiger partial charge in [0, 0.05) is 14.8 Å². The number of rotatable bonds is 11. The second-order valence-electron chi connectivity index (χ2n) is 8.62. The van der Waals surface area contributed by atoms with Crippen LogP contribution in [0, 0.1) is 3.57 Å². The van der Waals surface area contributed by atoms with E-state index in [0.717, 1.165) is 9.13 Å². The Morgan fingerprint density at radius 2 is 1.95 bits per heavy atom. The van der Waals surface area contributed by atoms with Crippen molar-refractivity contribution in [2.45, 2.75) is 26.1 Å². The number of esters is 1. The van der Waals surface area contributed by atoms with Crippen LogP contribution in [0.3, 0.4) is 0 Å². The fourth-order valence-corrected chi connectivity index (χ4v) is 4.36. The van der Waals surface area contributed by atoms with Crippen molar-refractivity contribution >= 4 is 40.8 Å². The van der Waals surface area contributed by atoms with Crippen LogP contribution in [0.4, 0.5) is 4.79 Å². The molecule has 210 valence electrons. The first kappa shape index (κ1) is 29.0. The highest BCUT2D eigenvalue weighted by atomic mass is 127. The number of urea groups is 1. The Kier molecular flexibility index (Phi) is 9.66. The van der Waals surface area contributed by atoms with Gasteiger partial charge in [-0.3, -0.25) is 5.43 Å². The predicted molar refractivity (Wildman–Crippen MR) is 156 cm³/mol. The molecule has 1 aliphatic rings. The van der Waals surface area contributed by atoms with E-state index in [1.807, 2.05) is 37.3 Å². The van der Waals surface area contributed by atoms with Crippen molar-refractivity contribution in [3.05, 3.63) is 80.8 Å². The highest BCUT2D eigenvalue weighted by Gasteiger charge is 2.32. The maximum Gasteiger partial charge on any atom is 0.337 e. The van der Waals surface area contributed by atoms with Gasteiger partial charge in [-0.25, -0.2) is 9.59 Å². The minimum absolute atomic E-state index is 0.140. The number of halogens is 1. The lowest BCUT2D eigenvalue weighted by atomic mass is 9.95. The molecule has 11 nitrogen and oxygen atoms in total. The van der Waals surface area contributed by atoms with Gasteiger partial charge in [0.15, 0.2) is 17.7 Å². The molecule has 0 bridgehead atoms. The molecular weight excluding hydrogens is 631 g/mol. The number of furan rings is 1. The molecule has 0 fully saturated rings. The van der Waals surface area contributed by atoms with E-state index in [9.17, 15) is 14.7 Å². The lowest BCUT2D eigenvalue weighted by Gasteiger charge is -2.28. The van der Waals surface area contributed by atoms with Crippen LogP contribution >= 0.6 is 22.6 Å². The average molecular weight is 660 g/mol. The van der Waals surface area contributed by atoms with E-state index < -0.39 is 24.3 Å². The second-order valence-corrected chi connectivity index (χ2v) is 9.87. The zero-order valence-corrected chi connectivity index (χ0v) is 24.2. The molecule has 4 rings (SSSR count). The molecule has 0 spiro atoms. The van der Waals surface area contributed by atoms with Crippen LogP contribution in [-0.2, 0) is 9.53 Å². The summed E-state index contributed by atoms with van der Waals surface area (Å²) in [6.45, 7) is 3.65. The summed E-state index contributed by atoms with van der Waals surface area (Å²) in [6, 6.07) is 15.4. The van der Waals surface area contributed by atoms with Gasteiger partial charge in [0.25, 0.3) is 0 Å². The number of carbonyl (C=O) groups excluding carboxylic acids is 2. The summed E-state index contributed by atoms with van der Waals surface area (Å²) in [7, 11) is 1.28. The van der Waals surface area contributed by atoms with Gasteiger partial charge in [0.1, 0.15) is 18.1 Å². The lowest BCUT2D eigenvalue weighted by molar-refractivity contribution is -0.136. The van der Waals surface area contributed by atoms with E-state index in [1.54, 1.807) is 31.2 Å². The molecule has 0 unspecified atom stereocenters. The number of hydrogen-bond donors (Lipinski definition) is 4. The fourth-order valence-electron chi connectivity index (χ4n) is 4.00. The minimum atomic E-state index is -1.13. The molecule has 0 saturated heterocycles. The van der Waals surface area contributed by atoms with E-state index in [2.05, 4.69) is 43.8 Å². The summed E-state index contributed by atoms with van der Waals surface area (Å²) in [5.74, 6) is 1.41. The van der Waals surface area contributed by atoms with Crippen LogP contribution in [0.1, 0.15) is 31.2 Å². The van der Waals surface area contributed by atoms with Gasteiger partial charge in [-0.2, -0.15) is 5.10 Å². The smallest absolute Gasteiger partial charge is 0.337 e. The maximum absolute atomic E-state index is 12.4. The largest absolute Gasteiger partial charge is 0.490 e. The number of allylic oxidation sites excluding steroid dienone is 1. The normalized spacial score (nSPS) is 15.8. The second kappa shape index (κ2) is 13.3. The van der Waals surface area contributed by atoms with E-state index in [0.29, 0.717) is 40.9 Å². The van der Waals surface area contributed by atoms with Crippen molar-refractivity contribution in [1.29, 1.82) is 0 Å². The number of nitrogens with one attached hydrogen (secondary N) is 3. The van der Waals surface area contributed by atoms with E-state index in [1.165, 1.54) is 13.3 Å². The number of carbonyl (C=O) groups is 2. The summed E-state index contributed by atoms with van der Waals surface area (Å²) < 4.78 is 23.3. The maximum atomic E-state index is 12.4. The highest BCUT2D eigenvalue weighted by Crippen LogP contribution is 2.35. The number of nitrogens with zero attached hydrogens (tertiary/aromatic N) is 1. The van der Waals surface area contributed by atoms with Gasteiger partial charge in [-0.15, -0.1) is 0 Å². The number of hydrazone groups is 1. The molecule has 2 heterocycles. The Balaban J connectivity index is 1.39. The molecule has 40 heavy (non-hydrogen) atoms. The predicted octanol–water partition coefficient (Wildman–Crippen LogP) is 4.07. The fraction of sp³-hybridized carbons (Fsp3) is 0.250. The van der Waals surface area contributed by atoms with Gasteiger partial charge < -0.3 is 34.4 Å². The van der Waals surface area contributed by atoms with E-state index in [-0.39, 0.29) is 12.2 Å². The molecule has 1 aliphatic heterocycles. The molecular formula is C28H29IN4O7. The summed E-state index contributed by atoms with van der Waals surface area (Å²) >= 11 is 2.24. The first-order valence-electron chi connectivity index (χ1n) is 12.4. The number of methoxy groups -OCH3 is 1. The van der Waals surface area contributed by atoms with Crippen LogP contribution in [0.25, 0.3) is 11.3 Å². The van der Waals surface area contributed by atoms with Crippen molar-refractivity contribution < 1.29 is 33.3 Å². The Morgan fingerprint density at radius 1 is 1.18 bits per heavy atom. The van der Waals surface area contributed by atoms with Crippen molar-refractivity contribution in [1.82, 2.24) is 16.1 Å². The Morgan fingerprint density at radius 3 is 2.67 bits per heavy atom. The number of hydrogen-bond acceptors (Lipinski definition) is 9. The molecule has 1 aromatic heterocycles. The third-order valence-corrected chi connectivity index (χ3v) is 6.56. The van der Waals surface area contributed by atoms with Crippen LogP contribution in [0.2, 0.25) is 0 Å². The van der Waals surface area contributed by atoms with Crippen LogP contribution < -0.4 is 25.5 Å². The molecule has 2 amide bonds. The summed E-state index contributed by atoms with van der Waals surface area (Å²) in [5, 5.41) is 19.7. The minimum Gasteiger partial charge on any atom is -0.490 e. The Labute approximate surface area is 244 Å². The molecule has 0 aliphatic carbocycles. The SMILES string of the molecule is CCOc1cc([C@@H]2NC(=O)NC(C)=C2C(=O)OC)ccc1OC[C@H](O)N/N=C\c1ccc(-c2ccc(I)cc2)o1. The quantitative estimate of drug-likeness (QED) is 0.0793. The van der Waals surface area contributed by atoms with Gasteiger partial charge in [0.05, 0.1) is 31.5 Å². The molecule has 3 aromatic rings. The van der Waals surface area contributed by atoms with Crippen LogP contribution in [0.15, 0.2) is 75.4 Å². The Bertz CT molecular complexity index is 1420. The molecule has 2 atom stereocenters. The summed E-state index contributed by atoms with van der Waals surface area (Å²) in [5.41, 5.74) is 4.81. The Hall–Kier alpha value is -4.04. The third-order valence-electron chi connectivity index (χ3n) is 5.84. The topological polar surface area (TPSA) is 144 Å². The first-order valence-corrected chi connectivity index (χ1v) is 13.5. The van der Waals surface area contributed by atoms with E-state index >= 15 is 0 Å². The summed E-state index contributed by atoms with van der Waals surface area (Å²) in [4.78, 5) is 24.5. The number of amides is 2. The van der Waals surface area contributed by atoms with Gasteiger partial charge in [-0.1, -0.05) is 18.2 Å². The van der Waals surface area contributed by atoms with Crippen LogP contribution in [0.5, 0.6) is 11.5 Å². The zero-order chi connectivity index (χ0) is 28.6.